The van der Waals surface area contributed by atoms with E-state index in [2.05, 4.69) is 15.9 Å². The fourth-order valence-electron chi connectivity index (χ4n) is 1.99. The van der Waals surface area contributed by atoms with Crippen molar-refractivity contribution in [3.63, 3.8) is 0 Å². The molecule has 0 fully saturated rings. The lowest BCUT2D eigenvalue weighted by Crippen LogP contribution is -2.27. The van der Waals surface area contributed by atoms with Gasteiger partial charge in [-0.1, -0.05) is 53.0 Å². The summed E-state index contributed by atoms with van der Waals surface area (Å²) in [6.07, 6.45) is 0. The van der Waals surface area contributed by atoms with Crippen molar-refractivity contribution in [3.8, 4) is 5.75 Å². The highest BCUT2D eigenvalue weighted by Gasteiger charge is 2.27. The zero-order valence-electron chi connectivity index (χ0n) is 13.6. The highest BCUT2D eigenvalue weighted by Crippen LogP contribution is 2.37. The summed E-state index contributed by atoms with van der Waals surface area (Å²) in [7, 11) is -2.57. The summed E-state index contributed by atoms with van der Waals surface area (Å²) < 4.78 is 27.0. The van der Waals surface area contributed by atoms with Crippen LogP contribution in [-0.4, -0.2) is 20.6 Å². The molecule has 0 saturated heterocycles. The van der Waals surface area contributed by atoms with Crippen LogP contribution in [0, 0.1) is 6.92 Å². The first kappa shape index (κ1) is 21.1. The molecule has 0 bridgehead atoms. The average molecular weight is 455 g/mol. The molecule has 0 aliphatic carbocycles. The number of sulfonamides is 1. The van der Waals surface area contributed by atoms with E-state index in [0.29, 0.717) is 20.7 Å². The van der Waals surface area contributed by atoms with Crippen LogP contribution in [0.2, 0.25) is 10.0 Å². The molecule has 4 nitrogen and oxygen atoms in total. The molecule has 0 saturated carbocycles. The van der Waals surface area contributed by atoms with Crippen molar-refractivity contribution in [2.24, 2.45) is 0 Å². The number of rotatable bonds is 3. The smallest absolute Gasteiger partial charge is 0.267 e. The Labute approximate surface area is 161 Å². The number of phenols is 1. The van der Waals surface area contributed by atoms with Crippen LogP contribution in [0.3, 0.4) is 0 Å². The van der Waals surface area contributed by atoms with Crippen LogP contribution in [0.5, 0.6) is 5.75 Å². The Morgan fingerprint density at radius 1 is 1.12 bits per heavy atom. The van der Waals surface area contributed by atoms with Crippen LogP contribution in [0.1, 0.15) is 19.4 Å². The zero-order chi connectivity index (χ0) is 18.7. The lowest BCUT2D eigenvalue weighted by Gasteiger charge is -2.22. The second-order valence-corrected chi connectivity index (χ2v) is 8.33. The summed E-state index contributed by atoms with van der Waals surface area (Å²) in [4.78, 5) is -0.274. The van der Waals surface area contributed by atoms with Gasteiger partial charge in [0.15, 0.2) is 5.75 Å². The molecule has 8 heteroatoms. The van der Waals surface area contributed by atoms with Crippen LogP contribution < -0.4 is 4.31 Å². The Balaban J connectivity index is 0.00000139. The predicted molar refractivity (Wildman–Crippen MR) is 104 cm³/mol. The van der Waals surface area contributed by atoms with Crippen LogP contribution in [-0.2, 0) is 10.0 Å². The standard InChI is InChI=1S/C14H12BrCl2NO3S.C2H6/c1-8-5-10(16)3-4-12(8)18(2)22(20,21)13-7-9(15)6-11(17)14(13)19;1-2/h3-7,19H,1-2H3;1-2H3. The van der Waals surface area contributed by atoms with Gasteiger partial charge in [0.25, 0.3) is 10.0 Å². The van der Waals surface area contributed by atoms with Crippen molar-refractivity contribution >= 4 is 54.8 Å². The summed E-state index contributed by atoms with van der Waals surface area (Å²) in [5.41, 5.74) is 1.15. The third-order valence-corrected chi connectivity index (χ3v) is 5.90. The molecule has 0 aromatic heterocycles. The maximum atomic E-state index is 12.7. The minimum Gasteiger partial charge on any atom is -0.505 e. The van der Waals surface area contributed by atoms with Crippen LogP contribution in [0.4, 0.5) is 5.69 Å². The number of anilines is 1. The van der Waals surface area contributed by atoms with E-state index in [-0.39, 0.29) is 9.92 Å². The fourth-order valence-corrected chi connectivity index (χ4v) is 4.62. The number of hydrogen-bond acceptors (Lipinski definition) is 3. The Bertz CT molecular complexity index is 841. The molecule has 24 heavy (non-hydrogen) atoms. The second kappa shape index (κ2) is 8.43. The molecule has 0 unspecified atom stereocenters. The van der Waals surface area contributed by atoms with Gasteiger partial charge in [-0.15, -0.1) is 0 Å². The Morgan fingerprint density at radius 3 is 2.25 bits per heavy atom. The molecule has 0 aliphatic heterocycles. The topological polar surface area (TPSA) is 57.6 Å². The van der Waals surface area contributed by atoms with Gasteiger partial charge in [0.2, 0.25) is 0 Å². The number of aromatic hydroxyl groups is 1. The van der Waals surface area contributed by atoms with Gasteiger partial charge in [-0.05, 0) is 42.8 Å². The van der Waals surface area contributed by atoms with Crippen molar-refractivity contribution in [1.82, 2.24) is 0 Å². The minimum atomic E-state index is -3.98. The number of aryl methyl sites for hydroxylation is 1. The first-order chi connectivity index (χ1) is 11.1. The van der Waals surface area contributed by atoms with E-state index in [4.69, 9.17) is 23.2 Å². The van der Waals surface area contributed by atoms with Crippen molar-refractivity contribution in [2.45, 2.75) is 25.7 Å². The third-order valence-electron chi connectivity index (χ3n) is 3.13. The van der Waals surface area contributed by atoms with Gasteiger partial charge in [0.1, 0.15) is 4.90 Å². The fraction of sp³-hybridized carbons (Fsp3) is 0.250. The summed E-state index contributed by atoms with van der Waals surface area (Å²) in [5.74, 6) is -0.483. The van der Waals surface area contributed by atoms with Crippen molar-refractivity contribution in [2.75, 3.05) is 11.4 Å². The molecule has 0 aliphatic rings. The van der Waals surface area contributed by atoms with Gasteiger partial charge in [-0.25, -0.2) is 8.42 Å². The molecule has 0 amide bonds. The summed E-state index contributed by atoms with van der Waals surface area (Å²) in [6.45, 7) is 5.75. The lowest BCUT2D eigenvalue weighted by atomic mass is 10.2. The van der Waals surface area contributed by atoms with Gasteiger partial charge < -0.3 is 5.11 Å². The van der Waals surface area contributed by atoms with E-state index in [1.807, 2.05) is 13.8 Å². The van der Waals surface area contributed by atoms with Crippen molar-refractivity contribution in [1.29, 1.82) is 0 Å². The predicted octanol–water partition coefficient (Wildman–Crippen LogP) is 5.62. The highest BCUT2D eigenvalue weighted by atomic mass is 79.9. The lowest BCUT2D eigenvalue weighted by molar-refractivity contribution is 0.458. The SMILES string of the molecule is CC.Cc1cc(Cl)ccc1N(C)S(=O)(=O)c1cc(Br)cc(Cl)c1O. The van der Waals surface area contributed by atoms with Crippen molar-refractivity contribution in [3.05, 3.63) is 50.4 Å². The first-order valence-corrected chi connectivity index (χ1v) is 10.1. The Morgan fingerprint density at radius 2 is 1.71 bits per heavy atom. The molecular weight excluding hydrogens is 437 g/mol. The average Bonchev–Trinajstić information content (AvgIpc) is 2.52. The zero-order valence-corrected chi connectivity index (χ0v) is 17.6. The van der Waals surface area contributed by atoms with Gasteiger partial charge >= 0.3 is 0 Å². The normalized spacial score (nSPS) is 10.8. The number of phenolic OH excluding ortho intramolecular Hbond substituents is 1. The molecule has 2 aromatic carbocycles. The first-order valence-electron chi connectivity index (χ1n) is 7.07. The molecule has 2 aromatic rings. The summed E-state index contributed by atoms with van der Waals surface area (Å²) >= 11 is 14.9. The van der Waals surface area contributed by atoms with Gasteiger partial charge in [-0.3, -0.25) is 4.31 Å². The van der Waals surface area contributed by atoms with Crippen LogP contribution in [0.15, 0.2) is 39.7 Å². The molecule has 0 atom stereocenters. The third kappa shape index (κ3) is 4.36. The molecule has 0 heterocycles. The quantitative estimate of drug-likeness (QED) is 0.654. The molecule has 132 valence electrons. The maximum Gasteiger partial charge on any atom is 0.267 e. The van der Waals surface area contributed by atoms with Gasteiger partial charge in [0.05, 0.1) is 10.7 Å². The van der Waals surface area contributed by atoms with Gasteiger partial charge in [-0.2, -0.15) is 0 Å². The summed E-state index contributed by atoms with van der Waals surface area (Å²) in [5, 5.41) is 10.5. The van der Waals surface area contributed by atoms with E-state index in [1.54, 1.807) is 25.1 Å². The van der Waals surface area contributed by atoms with E-state index in [0.717, 1.165) is 4.31 Å². The molecule has 0 spiro atoms. The van der Waals surface area contributed by atoms with Crippen LogP contribution >= 0.6 is 39.1 Å². The van der Waals surface area contributed by atoms with Gasteiger partial charge in [0, 0.05) is 16.5 Å². The van der Waals surface area contributed by atoms with E-state index >= 15 is 0 Å². The molecule has 0 radical (unpaired) electrons. The van der Waals surface area contributed by atoms with E-state index in [1.165, 1.54) is 19.2 Å². The maximum absolute atomic E-state index is 12.7. The van der Waals surface area contributed by atoms with E-state index in [9.17, 15) is 13.5 Å². The van der Waals surface area contributed by atoms with E-state index < -0.39 is 15.8 Å². The minimum absolute atomic E-state index is 0.0471. The number of halogens is 3. The largest absolute Gasteiger partial charge is 0.505 e. The summed E-state index contributed by atoms with van der Waals surface area (Å²) in [6, 6.07) is 7.59. The number of hydrogen-bond donors (Lipinski definition) is 1. The van der Waals surface area contributed by atoms with Crippen LogP contribution in [0.25, 0.3) is 0 Å². The Hall–Kier alpha value is -0.950. The Kier molecular flexibility index (Phi) is 7.41. The number of nitrogens with zero attached hydrogens (tertiary/aromatic N) is 1. The molecular formula is C16H18BrCl2NO3S. The highest BCUT2D eigenvalue weighted by molar-refractivity contribution is 9.10. The molecule has 1 N–H and O–H groups in total. The number of benzene rings is 2. The van der Waals surface area contributed by atoms with Crippen molar-refractivity contribution < 1.29 is 13.5 Å². The second-order valence-electron chi connectivity index (χ2n) is 4.64. The monoisotopic (exact) mass is 453 g/mol. The molecule has 2 rings (SSSR count).